The number of nitro groups is 1. The zero-order valence-electron chi connectivity index (χ0n) is 10.00. The van der Waals surface area contributed by atoms with E-state index >= 15 is 0 Å². The van der Waals surface area contributed by atoms with Gasteiger partial charge in [0.1, 0.15) is 5.01 Å². The van der Waals surface area contributed by atoms with Crippen LogP contribution in [-0.2, 0) is 6.54 Å². The predicted octanol–water partition coefficient (Wildman–Crippen LogP) is 2.22. The Bertz CT molecular complexity index is 660. The van der Waals surface area contributed by atoms with Crippen molar-refractivity contribution in [3.8, 4) is 0 Å². The van der Waals surface area contributed by atoms with Crippen LogP contribution in [0.4, 0.5) is 11.4 Å². The lowest BCUT2D eigenvalue weighted by molar-refractivity contribution is -0.384. The third-order valence-corrected chi connectivity index (χ3v) is 3.55. The highest BCUT2D eigenvalue weighted by Crippen LogP contribution is 2.28. The number of hydrogen-bond donors (Lipinski definition) is 2. The second-order valence-corrected chi connectivity index (χ2v) is 5.14. The topological polar surface area (TPSA) is 111 Å². The fourth-order valence-electron chi connectivity index (χ4n) is 1.49. The smallest absolute Gasteiger partial charge is 0.271 e. The number of anilines is 1. The Hall–Kier alpha value is -2.19. The maximum atomic E-state index is 12.0. The zero-order valence-corrected chi connectivity index (χ0v) is 11.6. The third kappa shape index (κ3) is 3.03. The largest absolute Gasteiger partial charge is 0.397 e. The fourth-order valence-corrected chi connectivity index (χ4v) is 2.26. The maximum Gasteiger partial charge on any atom is 0.271 e. The van der Waals surface area contributed by atoms with Gasteiger partial charge < -0.3 is 11.1 Å². The minimum absolute atomic E-state index is 0.00825. The van der Waals surface area contributed by atoms with Crippen molar-refractivity contribution in [1.82, 2.24) is 10.3 Å². The van der Waals surface area contributed by atoms with E-state index < -0.39 is 10.8 Å². The number of carbonyl (C=O) groups excluding carboxylic acids is 1. The lowest BCUT2D eigenvalue weighted by Gasteiger charge is -2.07. The van der Waals surface area contributed by atoms with Gasteiger partial charge in [-0.15, -0.1) is 11.3 Å². The summed E-state index contributed by atoms with van der Waals surface area (Å²) < 4.78 is 0. The molecule has 1 amide bonds. The Morgan fingerprint density at radius 1 is 1.55 bits per heavy atom. The molecular formula is C11H9ClN4O3S. The van der Waals surface area contributed by atoms with E-state index in [0.29, 0.717) is 5.01 Å². The van der Waals surface area contributed by atoms with Crippen LogP contribution in [0, 0.1) is 10.1 Å². The predicted molar refractivity (Wildman–Crippen MR) is 75.8 cm³/mol. The first kappa shape index (κ1) is 14.2. The first-order chi connectivity index (χ1) is 9.49. The number of non-ortho nitro benzene ring substituents is 1. The van der Waals surface area contributed by atoms with Crippen molar-refractivity contribution in [3.05, 3.63) is 49.4 Å². The molecule has 2 aromatic rings. The molecule has 1 aromatic carbocycles. The number of rotatable bonds is 4. The summed E-state index contributed by atoms with van der Waals surface area (Å²) in [6.45, 7) is 0.219. The average Bonchev–Trinajstić information content (AvgIpc) is 2.92. The van der Waals surface area contributed by atoms with E-state index in [0.717, 1.165) is 12.1 Å². The molecule has 7 nitrogen and oxygen atoms in total. The van der Waals surface area contributed by atoms with Crippen LogP contribution in [0.25, 0.3) is 0 Å². The second kappa shape index (κ2) is 5.85. The van der Waals surface area contributed by atoms with Gasteiger partial charge in [0.25, 0.3) is 11.6 Å². The number of nitrogen functional groups attached to an aromatic ring is 1. The van der Waals surface area contributed by atoms with E-state index in [-0.39, 0.29) is 28.5 Å². The van der Waals surface area contributed by atoms with E-state index in [1.165, 1.54) is 11.3 Å². The van der Waals surface area contributed by atoms with Crippen molar-refractivity contribution in [1.29, 1.82) is 0 Å². The van der Waals surface area contributed by atoms with Crippen molar-refractivity contribution < 1.29 is 9.72 Å². The van der Waals surface area contributed by atoms with Gasteiger partial charge in [-0.25, -0.2) is 4.98 Å². The van der Waals surface area contributed by atoms with Crippen LogP contribution in [0.15, 0.2) is 23.7 Å². The summed E-state index contributed by atoms with van der Waals surface area (Å²) in [4.78, 5) is 26.1. The van der Waals surface area contributed by atoms with Crippen molar-refractivity contribution >= 4 is 40.2 Å². The number of carbonyl (C=O) groups is 1. The summed E-state index contributed by atoms with van der Waals surface area (Å²) in [6.07, 6.45) is 1.62. The van der Waals surface area contributed by atoms with E-state index in [4.69, 9.17) is 17.3 Å². The average molecular weight is 313 g/mol. The Morgan fingerprint density at radius 2 is 2.30 bits per heavy atom. The number of amides is 1. The van der Waals surface area contributed by atoms with Gasteiger partial charge in [-0.1, -0.05) is 11.6 Å². The third-order valence-electron chi connectivity index (χ3n) is 2.45. The van der Waals surface area contributed by atoms with Crippen LogP contribution in [0.3, 0.4) is 0 Å². The van der Waals surface area contributed by atoms with Crippen LogP contribution in [0.2, 0.25) is 5.02 Å². The quantitative estimate of drug-likeness (QED) is 0.511. The molecule has 2 rings (SSSR count). The highest BCUT2D eigenvalue weighted by atomic mass is 35.5. The first-order valence-electron chi connectivity index (χ1n) is 5.39. The lowest BCUT2D eigenvalue weighted by atomic mass is 10.1. The summed E-state index contributed by atoms with van der Waals surface area (Å²) in [6, 6.07) is 2.20. The number of halogens is 1. The molecule has 0 bridgehead atoms. The molecule has 3 N–H and O–H groups in total. The summed E-state index contributed by atoms with van der Waals surface area (Å²) in [7, 11) is 0. The molecule has 0 aliphatic rings. The summed E-state index contributed by atoms with van der Waals surface area (Å²) in [5, 5.41) is 15.8. The number of nitrogens with zero attached hydrogens (tertiary/aromatic N) is 2. The van der Waals surface area contributed by atoms with E-state index in [9.17, 15) is 14.9 Å². The van der Waals surface area contributed by atoms with E-state index in [1.54, 1.807) is 11.6 Å². The fraction of sp³-hybridized carbons (Fsp3) is 0.0909. The molecule has 104 valence electrons. The molecule has 0 aliphatic heterocycles. The lowest BCUT2D eigenvalue weighted by Crippen LogP contribution is -2.24. The number of benzene rings is 1. The highest BCUT2D eigenvalue weighted by Gasteiger charge is 2.18. The SMILES string of the molecule is Nc1c(Cl)cc([N+](=O)[O-])cc1C(=O)NCc1nccs1. The molecule has 1 heterocycles. The number of nitrogens with one attached hydrogen (secondary N) is 1. The normalized spacial score (nSPS) is 10.2. The van der Waals surface area contributed by atoms with Crippen molar-refractivity contribution in [2.45, 2.75) is 6.54 Å². The van der Waals surface area contributed by atoms with Gasteiger partial charge in [-0.05, 0) is 0 Å². The minimum Gasteiger partial charge on any atom is -0.397 e. The van der Waals surface area contributed by atoms with Crippen LogP contribution >= 0.6 is 22.9 Å². The highest BCUT2D eigenvalue weighted by molar-refractivity contribution is 7.09. The molecular weight excluding hydrogens is 304 g/mol. The molecule has 0 aliphatic carbocycles. The molecule has 0 spiro atoms. The van der Waals surface area contributed by atoms with Gasteiger partial charge >= 0.3 is 0 Å². The molecule has 20 heavy (non-hydrogen) atoms. The summed E-state index contributed by atoms with van der Waals surface area (Å²) in [5.74, 6) is -0.539. The van der Waals surface area contributed by atoms with Crippen LogP contribution in [0.1, 0.15) is 15.4 Å². The molecule has 0 fully saturated rings. The van der Waals surface area contributed by atoms with Gasteiger partial charge in [0.05, 0.1) is 27.7 Å². The zero-order chi connectivity index (χ0) is 14.7. The van der Waals surface area contributed by atoms with E-state index in [2.05, 4.69) is 10.3 Å². The Morgan fingerprint density at radius 3 is 2.90 bits per heavy atom. The standard InChI is InChI=1S/C11H9ClN4O3S/c12-8-4-6(16(18)19)3-7(10(8)13)11(17)15-5-9-14-1-2-20-9/h1-4H,5,13H2,(H,15,17). The van der Waals surface area contributed by atoms with Crippen molar-refractivity contribution in [2.24, 2.45) is 0 Å². The van der Waals surface area contributed by atoms with Crippen LogP contribution in [-0.4, -0.2) is 15.8 Å². The number of thiazole rings is 1. The summed E-state index contributed by atoms with van der Waals surface area (Å²) >= 11 is 7.17. The van der Waals surface area contributed by atoms with Gasteiger partial charge in [0.2, 0.25) is 0 Å². The maximum absolute atomic E-state index is 12.0. The monoisotopic (exact) mass is 312 g/mol. The number of hydrogen-bond acceptors (Lipinski definition) is 6. The second-order valence-electron chi connectivity index (χ2n) is 3.75. The van der Waals surface area contributed by atoms with Gasteiger partial charge in [-0.2, -0.15) is 0 Å². The molecule has 0 saturated carbocycles. The summed E-state index contributed by atoms with van der Waals surface area (Å²) in [5.41, 5.74) is 5.37. The van der Waals surface area contributed by atoms with Crippen LogP contribution < -0.4 is 11.1 Å². The van der Waals surface area contributed by atoms with Crippen LogP contribution in [0.5, 0.6) is 0 Å². The van der Waals surface area contributed by atoms with Gasteiger partial charge in [0, 0.05) is 23.7 Å². The van der Waals surface area contributed by atoms with Crippen molar-refractivity contribution in [3.63, 3.8) is 0 Å². The van der Waals surface area contributed by atoms with E-state index in [1.807, 2.05) is 0 Å². The Kier molecular flexibility index (Phi) is 4.16. The molecule has 9 heteroatoms. The number of aromatic nitrogens is 1. The molecule has 0 atom stereocenters. The van der Waals surface area contributed by atoms with Gasteiger partial charge in [-0.3, -0.25) is 14.9 Å². The van der Waals surface area contributed by atoms with Crippen molar-refractivity contribution in [2.75, 3.05) is 5.73 Å². The Labute approximate surface area is 122 Å². The molecule has 0 saturated heterocycles. The first-order valence-corrected chi connectivity index (χ1v) is 6.64. The molecule has 1 aromatic heterocycles. The minimum atomic E-state index is -0.636. The Balaban J connectivity index is 2.22. The molecule has 0 unspecified atom stereocenters. The number of nitro benzene ring substituents is 1. The number of nitrogens with two attached hydrogens (primary N) is 1. The van der Waals surface area contributed by atoms with Gasteiger partial charge in [0.15, 0.2) is 0 Å². The molecule has 0 radical (unpaired) electrons.